The van der Waals surface area contributed by atoms with Gasteiger partial charge in [0.15, 0.2) is 0 Å². The molecule has 0 radical (unpaired) electrons. The maximum Gasteiger partial charge on any atom is 0.416 e. The molecule has 0 fully saturated rings. The summed E-state index contributed by atoms with van der Waals surface area (Å²) in [6, 6.07) is 11.0. The minimum Gasteiger partial charge on any atom is -0.491 e. The number of rotatable bonds is 5. The standard InChI is InChI=1S/C17H18F3NO/c1-12-6-7-16(13(2)10-12)22-9-8-21-15-5-3-4-14(11-15)17(18,19)20/h3-7,10-11,21H,8-9H2,1-2H3. The van der Waals surface area contributed by atoms with Crippen LogP contribution in [0.4, 0.5) is 18.9 Å². The second-order valence-corrected chi connectivity index (χ2v) is 5.12. The number of alkyl halides is 3. The second kappa shape index (κ2) is 6.73. The van der Waals surface area contributed by atoms with Crippen LogP contribution >= 0.6 is 0 Å². The van der Waals surface area contributed by atoms with E-state index in [1.807, 2.05) is 32.0 Å². The third-order valence-electron chi connectivity index (χ3n) is 3.21. The number of anilines is 1. The Morgan fingerprint density at radius 3 is 2.50 bits per heavy atom. The fraction of sp³-hybridized carbons (Fsp3) is 0.294. The molecular weight excluding hydrogens is 291 g/mol. The predicted molar refractivity (Wildman–Crippen MR) is 81.3 cm³/mol. The van der Waals surface area contributed by atoms with Crippen molar-refractivity contribution >= 4 is 5.69 Å². The maximum atomic E-state index is 12.6. The van der Waals surface area contributed by atoms with Gasteiger partial charge in [0.2, 0.25) is 0 Å². The Kier molecular flexibility index (Phi) is 4.96. The first-order chi connectivity index (χ1) is 10.4. The van der Waals surface area contributed by atoms with E-state index in [0.29, 0.717) is 18.8 Å². The Hall–Kier alpha value is -2.17. The molecule has 2 aromatic rings. The fourth-order valence-corrected chi connectivity index (χ4v) is 2.12. The van der Waals surface area contributed by atoms with Crippen LogP contribution in [0.3, 0.4) is 0 Å². The molecule has 0 heterocycles. The predicted octanol–water partition coefficient (Wildman–Crippen LogP) is 4.81. The molecule has 0 saturated carbocycles. The van der Waals surface area contributed by atoms with Crippen molar-refractivity contribution in [3.8, 4) is 5.75 Å². The summed E-state index contributed by atoms with van der Waals surface area (Å²) in [7, 11) is 0. The zero-order valence-electron chi connectivity index (χ0n) is 12.5. The number of aryl methyl sites for hydroxylation is 2. The highest BCUT2D eigenvalue weighted by Crippen LogP contribution is 2.30. The van der Waals surface area contributed by atoms with E-state index in [-0.39, 0.29) is 0 Å². The minimum absolute atomic E-state index is 0.375. The van der Waals surface area contributed by atoms with Gasteiger partial charge in [0.05, 0.1) is 5.56 Å². The lowest BCUT2D eigenvalue weighted by molar-refractivity contribution is -0.137. The van der Waals surface area contributed by atoms with Crippen LogP contribution in [0.1, 0.15) is 16.7 Å². The molecule has 0 aliphatic heterocycles. The topological polar surface area (TPSA) is 21.3 Å². The highest BCUT2D eigenvalue weighted by Gasteiger charge is 2.30. The van der Waals surface area contributed by atoms with Crippen molar-refractivity contribution in [3.05, 3.63) is 59.2 Å². The van der Waals surface area contributed by atoms with Crippen LogP contribution in [0.2, 0.25) is 0 Å². The molecule has 2 aromatic carbocycles. The summed E-state index contributed by atoms with van der Waals surface area (Å²) in [5.41, 5.74) is 1.97. The molecule has 0 spiro atoms. The molecule has 1 N–H and O–H groups in total. The van der Waals surface area contributed by atoms with E-state index in [4.69, 9.17) is 4.74 Å². The molecule has 0 bridgehead atoms. The molecule has 0 amide bonds. The minimum atomic E-state index is -4.33. The molecule has 118 valence electrons. The van der Waals surface area contributed by atoms with E-state index in [1.165, 1.54) is 6.07 Å². The molecule has 2 nitrogen and oxygen atoms in total. The normalized spacial score (nSPS) is 11.3. The van der Waals surface area contributed by atoms with Crippen LogP contribution in [0.5, 0.6) is 5.75 Å². The third kappa shape index (κ3) is 4.41. The molecule has 0 saturated heterocycles. The van der Waals surface area contributed by atoms with Crippen LogP contribution < -0.4 is 10.1 Å². The van der Waals surface area contributed by atoms with Crippen LogP contribution in [0, 0.1) is 13.8 Å². The Labute approximate surface area is 127 Å². The first kappa shape index (κ1) is 16.2. The molecule has 0 unspecified atom stereocenters. The van der Waals surface area contributed by atoms with E-state index in [1.54, 1.807) is 6.07 Å². The second-order valence-electron chi connectivity index (χ2n) is 5.12. The summed E-state index contributed by atoms with van der Waals surface area (Å²) in [5, 5.41) is 2.93. The van der Waals surface area contributed by atoms with E-state index < -0.39 is 11.7 Å². The van der Waals surface area contributed by atoms with Gasteiger partial charge in [0.25, 0.3) is 0 Å². The Morgan fingerprint density at radius 1 is 1.05 bits per heavy atom. The van der Waals surface area contributed by atoms with Crippen molar-refractivity contribution in [2.45, 2.75) is 20.0 Å². The molecule has 5 heteroatoms. The summed E-state index contributed by atoms with van der Waals surface area (Å²) in [6.45, 7) is 4.77. The van der Waals surface area contributed by atoms with Crippen molar-refractivity contribution < 1.29 is 17.9 Å². The van der Waals surface area contributed by atoms with Gasteiger partial charge >= 0.3 is 6.18 Å². The number of hydrogen-bond donors (Lipinski definition) is 1. The lowest BCUT2D eigenvalue weighted by atomic mass is 10.1. The summed E-state index contributed by atoms with van der Waals surface area (Å²) in [4.78, 5) is 0. The average Bonchev–Trinajstić information content (AvgIpc) is 2.45. The van der Waals surface area contributed by atoms with Gasteiger partial charge in [-0.15, -0.1) is 0 Å². The van der Waals surface area contributed by atoms with Gasteiger partial charge in [-0.2, -0.15) is 13.2 Å². The highest BCUT2D eigenvalue weighted by atomic mass is 19.4. The molecular formula is C17H18F3NO. The third-order valence-corrected chi connectivity index (χ3v) is 3.21. The van der Waals surface area contributed by atoms with Crippen LogP contribution in [-0.4, -0.2) is 13.2 Å². The van der Waals surface area contributed by atoms with Crippen molar-refractivity contribution in [2.24, 2.45) is 0 Å². The summed E-state index contributed by atoms with van der Waals surface area (Å²) in [5.74, 6) is 0.788. The molecule has 2 rings (SSSR count). The summed E-state index contributed by atoms with van der Waals surface area (Å²) in [6.07, 6.45) is -4.33. The van der Waals surface area contributed by atoms with Crippen molar-refractivity contribution in [1.29, 1.82) is 0 Å². The molecule has 0 aliphatic carbocycles. The quantitative estimate of drug-likeness (QED) is 0.800. The monoisotopic (exact) mass is 309 g/mol. The fourth-order valence-electron chi connectivity index (χ4n) is 2.12. The number of benzene rings is 2. The lowest BCUT2D eigenvalue weighted by Gasteiger charge is -2.12. The Morgan fingerprint density at radius 2 is 1.82 bits per heavy atom. The van der Waals surface area contributed by atoms with Crippen molar-refractivity contribution in [2.75, 3.05) is 18.5 Å². The van der Waals surface area contributed by atoms with Gasteiger partial charge in [-0.25, -0.2) is 0 Å². The zero-order chi connectivity index (χ0) is 16.2. The maximum absolute atomic E-state index is 12.6. The van der Waals surface area contributed by atoms with Crippen LogP contribution in [0.15, 0.2) is 42.5 Å². The van der Waals surface area contributed by atoms with Gasteiger partial charge in [0.1, 0.15) is 12.4 Å². The number of nitrogens with one attached hydrogen (secondary N) is 1. The average molecular weight is 309 g/mol. The van der Waals surface area contributed by atoms with Gasteiger partial charge < -0.3 is 10.1 Å². The smallest absolute Gasteiger partial charge is 0.416 e. The SMILES string of the molecule is Cc1ccc(OCCNc2cccc(C(F)(F)F)c2)c(C)c1. The van der Waals surface area contributed by atoms with Crippen LogP contribution in [0.25, 0.3) is 0 Å². The van der Waals surface area contributed by atoms with Gasteiger partial charge in [-0.1, -0.05) is 23.8 Å². The number of hydrogen-bond acceptors (Lipinski definition) is 2. The Balaban J connectivity index is 1.86. The van der Waals surface area contributed by atoms with E-state index in [0.717, 1.165) is 29.0 Å². The summed E-state index contributed by atoms with van der Waals surface area (Å²) < 4.78 is 43.4. The van der Waals surface area contributed by atoms with Crippen molar-refractivity contribution in [1.82, 2.24) is 0 Å². The van der Waals surface area contributed by atoms with Gasteiger partial charge in [0, 0.05) is 12.2 Å². The first-order valence-electron chi connectivity index (χ1n) is 6.97. The zero-order valence-corrected chi connectivity index (χ0v) is 12.5. The van der Waals surface area contributed by atoms with E-state index in [2.05, 4.69) is 5.32 Å². The first-order valence-corrected chi connectivity index (χ1v) is 6.97. The van der Waals surface area contributed by atoms with Gasteiger partial charge in [-0.05, 0) is 43.7 Å². The molecule has 22 heavy (non-hydrogen) atoms. The van der Waals surface area contributed by atoms with E-state index >= 15 is 0 Å². The highest BCUT2D eigenvalue weighted by molar-refractivity contribution is 5.46. The number of halogens is 3. The molecule has 0 aromatic heterocycles. The van der Waals surface area contributed by atoms with Crippen molar-refractivity contribution in [3.63, 3.8) is 0 Å². The van der Waals surface area contributed by atoms with Gasteiger partial charge in [-0.3, -0.25) is 0 Å². The van der Waals surface area contributed by atoms with Crippen LogP contribution in [-0.2, 0) is 6.18 Å². The number of ether oxygens (including phenoxy) is 1. The molecule has 0 atom stereocenters. The lowest BCUT2D eigenvalue weighted by Crippen LogP contribution is -2.13. The van der Waals surface area contributed by atoms with E-state index in [9.17, 15) is 13.2 Å². The molecule has 0 aliphatic rings. The summed E-state index contributed by atoms with van der Waals surface area (Å²) >= 11 is 0. The Bertz CT molecular complexity index is 638. The largest absolute Gasteiger partial charge is 0.491 e.